The maximum Gasteiger partial charge on any atom is 0.293 e. The molecule has 1 aromatic rings. The molecule has 2 aliphatic heterocycles. The normalized spacial score (nSPS) is 21.6. The number of hydrogen-bond donors (Lipinski definition) is 0. The molecule has 1 amide bonds. The lowest BCUT2D eigenvalue weighted by molar-refractivity contribution is -0.384. The van der Waals surface area contributed by atoms with E-state index in [1.54, 1.807) is 12.1 Å². The molecule has 3 rings (SSSR count). The molecule has 0 unspecified atom stereocenters. The predicted molar refractivity (Wildman–Crippen MR) is 90.5 cm³/mol. The van der Waals surface area contributed by atoms with Gasteiger partial charge in [-0.1, -0.05) is 0 Å². The molecule has 0 N–H and O–H groups in total. The third kappa shape index (κ3) is 3.36. The van der Waals surface area contributed by atoms with Crippen molar-refractivity contribution in [2.45, 2.75) is 32.2 Å². The second-order valence-corrected chi connectivity index (χ2v) is 6.40. The van der Waals surface area contributed by atoms with E-state index in [2.05, 4.69) is 0 Å². The lowest BCUT2D eigenvalue weighted by Crippen LogP contribution is -2.42. The number of benzene rings is 1. The number of likely N-dealkylation sites (tertiary alicyclic amines) is 1. The van der Waals surface area contributed by atoms with Crippen molar-refractivity contribution in [2.75, 3.05) is 37.7 Å². The summed E-state index contributed by atoms with van der Waals surface area (Å²) in [5.41, 5.74) is 0.950. The maximum absolute atomic E-state index is 12.7. The summed E-state index contributed by atoms with van der Waals surface area (Å²) in [6.07, 6.45) is 3.10. The summed E-state index contributed by atoms with van der Waals surface area (Å²) >= 11 is 0. The van der Waals surface area contributed by atoms with Gasteiger partial charge in [-0.2, -0.15) is 0 Å². The van der Waals surface area contributed by atoms with Gasteiger partial charge in [0, 0.05) is 37.3 Å². The fraction of sp³-hybridized carbons (Fsp3) is 0.588. The van der Waals surface area contributed by atoms with Gasteiger partial charge in [-0.25, -0.2) is 0 Å². The minimum absolute atomic E-state index is 0.00703. The highest BCUT2D eigenvalue weighted by Gasteiger charge is 2.27. The van der Waals surface area contributed by atoms with Crippen LogP contribution in [0.5, 0.6) is 0 Å². The Morgan fingerprint density at radius 3 is 2.67 bits per heavy atom. The fourth-order valence-corrected chi connectivity index (χ4v) is 3.44. The smallest absolute Gasteiger partial charge is 0.293 e. The van der Waals surface area contributed by atoms with E-state index in [9.17, 15) is 14.9 Å². The van der Waals surface area contributed by atoms with E-state index in [1.807, 2.05) is 16.7 Å². The molecule has 2 fully saturated rings. The summed E-state index contributed by atoms with van der Waals surface area (Å²) in [6.45, 7) is 5.12. The first-order chi connectivity index (χ1) is 11.6. The Morgan fingerprint density at radius 1 is 1.25 bits per heavy atom. The molecule has 0 saturated carbocycles. The van der Waals surface area contributed by atoms with Crippen LogP contribution in [0.4, 0.5) is 11.4 Å². The summed E-state index contributed by atoms with van der Waals surface area (Å²) in [4.78, 5) is 27.6. The van der Waals surface area contributed by atoms with Crippen LogP contribution in [-0.4, -0.2) is 54.6 Å². The summed E-state index contributed by atoms with van der Waals surface area (Å²) in [5.74, 6) is -0.112. The summed E-state index contributed by atoms with van der Waals surface area (Å²) in [6, 6.07) is 5.02. The largest absolute Gasteiger partial charge is 0.378 e. The van der Waals surface area contributed by atoms with Crippen LogP contribution in [0.15, 0.2) is 18.2 Å². The fourth-order valence-electron chi connectivity index (χ4n) is 3.44. The zero-order valence-electron chi connectivity index (χ0n) is 13.9. The first kappa shape index (κ1) is 16.7. The maximum atomic E-state index is 12.7. The molecule has 130 valence electrons. The number of rotatable bonds is 3. The molecule has 7 nitrogen and oxygen atoms in total. The van der Waals surface area contributed by atoms with Crippen LogP contribution >= 0.6 is 0 Å². The molecule has 0 spiro atoms. The first-order valence-electron chi connectivity index (χ1n) is 8.50. The molecule has 7 heteroatoms. The molecule has 0 radical (unpaired) electrons. The zero-order chi connectivity index (χ0) is 17.1. The Bertz CT molecular complexity index is 628. The number of nitro benzene ring substituents is 1. The molecule has 0 bridgehead atoms. The second-order valence-electron chi connectivity index (χ2n) is 6.40. The van der Waals surface area contributed by atoms with Gasteiger partial charge in [0.25, 0.3) is 11.6 Å². The molecule has 0 aromatic heterocycles. The lowest BCUT2D eigenvalue weighted by Gasteiger charge is -2.33. The average Bonchev–Trinajstić information content (AvgIpc) is 2.62. The summed E-state index contributed by atoms with van der Waals surface area (Å²) < 4.78 is 5.30. The summed E-state index contributed by atoms with van der Waals surface area (Å²) in [5, 5.41) is 11.5. The monoisotopic (exact) mass is 333 g/mol. The van der Waals surface area contributed by atoms with Crippen molar-refractivity contribution in [3.8, 4) is 0 Å². The number of nitrogens with zero attached hydrogens (tertiary/aromatic N) is 3. The minimum Gasteiger partial charge on any atom is -0.378 e. The zero-order valence-corrected chi connectivity index (χ0v) is 13.9. The number of carbonyl (C=O) groups is 1. The Balaban J connectivity index is 1.88. The van der Waals surface area contributed by atoms with Gasteiger partial charge in [0.1, 0.15) is 5.69 Å². The molecule has 1 atom stereocenters. The Morgan fingerprint density at radius 2 is 2.00 bits per heavy atom. The van der Waals surface area contributed by atoms with Crippen molar-refractivity contribution < 1.29 is 14.5 Å². The Kier molecular flexibility index (Phi) is 4.99. The molecule has 0 aliphatic carbocycles. The van der Waals surface area contributed by atoms with Gasteiger partial charge < -0.3 is 14.5 Å². The van der Waals surface area contributed by atoms with Crippen LogP contribution < -0.4 is 4.90 Å². The molecular formula is C17H23N3O4. The van der Waals surface area contributed by atoms with Gasteiger partial charge in [-0.15, -0.1) is 0 Å². The molecule has 2 heterocycles. The van der Waals surface area contributed by atoms with Crippen molar-refractivity contribution in [3.05, 3.63) is 33.9 Å². The highest BCUT2D eigenvalue weighted by atomic mass is 16.6. The molecule has 24 heavy (non-hydrogen) atoms. The summed E-state index contributed by atoms with van der Waals surface area (Å²) in [7, 11) is 0. The SMILES string of the molecule is C[C@H]1CCCCN1C(=O)c1ccc(N2CCOCC2)c([N+](=O)[O-])c1. The van der Waals surface area contributed by atoms with Crippen LogP contribution in [-0.2, 0) is 4.74 Å². The van der Waals surface area contributed by atoms with Crippen molar-refractivity contribution in [3.63, 3.8) is 0 Å². The number of morpholine rings is 1. The molecule has 1 aromatic carbocycles. The first-order valence-corrected chi connectivity index (χ1v) is 8.50. The van der Waals surface area contributed by atoms with Gasteiger partial charge >= 0.3 is 0 Å². The van der Waals surface area contributed by atoms with Crippen molar-refractivity contribution in [2.24, 2.45) is 0 Å². The van der Waals surface area contributed by atoms with Gasteiger partial charge in [-0.3, -0.25) is 14.9 Å². The van der Waals surface area contributed by atoms with Crippen LogP contribution in [0.3, 0.4) is 0 Å². The van der Waals surface area contributed by atoms with E-state index in [0.29, 0.717) is 37.6 Å². The molecular weight excluding hydrogens is 310 g/mol. The average molecular weight is 333 g/mol. The quantitative estimate of drug-likeness (QED) is 0.627. The van der Waals surface area contributed by atoms with Crippen LogP contribution in [0.2, 0.25) is 0 Å². The van der Waals surface area contributed by atoms with Crippen LogP contribution in [0.25, 0.3) is 0 Å². The topological polar surface area (TPSA) is 75.9 Å². The number of hydrogen-bond acceptors (Lipinski definition) is 5. The lowest BCUT2D eigenvalue weighted by atomic mass is 10.0. The second kappa shape index (κ2) is 7.17. The van der Waals surface area contributed by atoms with Crippen molar-refractivity contribution in [1.29, 1.82) is 0 Å². The van der Waals surface area contributed by atoms with Gasteiger partial charge in [-0.05, 0) is 38.3 Å². The number of carbonyl (C=O) groups excluding carboxylic acids is 1. The van der Waals surface area contributed by atoms with E-state index in [4.69, 9.17) is 4.74 Å². The number of anilines is 1. The van der Waals surface area contributed by atoms with Crippen LogP contribution in [0.1, 0.15) is 36.5 Å². The van der Waals surface area contributed by atoms with Crippen molar-refractivity contribution >= 4 is 17.3 Å². The number of ether oxygens (including phenoxy) is 1. The molecule has 2 saturated heterocycles. The van der Waals surface area contributed by atoms with Gasteiger partial charge in [0.05, 0.1) is 18.1 Å². The van der Waals surface area contributed by atoms with E-state index >= 15 is 0 Å². The standard InChI is InChI=1S/C17H23N3O4/c1-13-4-2-3-7-19(13)17(21)14-5-6-15(16(12-14)20(22)23)18-8-10-24-11-9-18/h5-6,12-13H,2-4,7-11H2,1H3/t13-/m0/s1. The highest BCUT2D eigenvalue weighted by Crippen LogP contribution is 2.31. The minimum atomic E-state index is -0.402. The Hall–Kier alpha value is -2.15. The third-order valence-electron chi connectivity index (χ3n) is 4.83. The number of amides is 1. The predicted octanol–water partition coefficient (Wildman–Crippen LogP) is 2.45. The highest BCUT2D eigenvalue weighted by molar-refractivity contribution is 5.96. The number of piperidine rings is 1. The van der Waals surface area contributed by atoms with Gasteiger partial charge in [0.2, 0.25) is 0 Å². The van der Waals surface area contributed by atoms with E-state index in [1.165, 1.54) is 6.07 Å². The van der Waals surface area contributed by atoms with E-state index < -0.39 is 4.92 Å². The number of nitro groups is 1. The third-order valence-corrected chi connectivity index (χ3v) is 4.83. The van der Waals surface area contributed by atoms with E-state index in [0.717, 1.165) is 25.8 Å². The van der Waals surface area contributed by atoms with Crippen LogP contribution in [0, 0.1) is 10.1 Å². The van der Waals surface area contributed by atoms with Crippen molar-refractivity contribution in [1.82, 2.24) is 4.90 Å². The molecule has 2 aliphatic rings. The van der Waals surface area contributed by atoms with E-state index in [-0.39, 0.29) is 17.6 Å². The van der Waals surface area contributed by atoms with Gasteiger partial charge in [0.15, 0.2) is 0 Å². The Labute approximate surface area is 141 Å².